The molecule has 2 aromatic rings. The monoisotopic (exact) mass is 400 g/mol. The van der Waals surface area contributed by atoms with Crippen molar-refractivity contribution in [3.05, 3.63) is 64.2 Å². The lowest BCUT2D eigenvalue weighted by Gasteiger charge is -2.13. The highest BCUT2D eigenvalue weighted by molar-refractivity contribution is 5.98. The molecule has 0 aliphatic carbocycles. The number of ether oxygens (including phenoxy) is 3. The number of nitro benzene ring substituents is 1. The second-order valence-corrected chi connectivity index (χ2v) is 5.78. The third-order valence-electron chi connectivity index (χ3n) is 3.86. The van der Waals surface area contributed by atoms with E-state index in [0.717, 1.165) is 6.08 Å². The Balaban J connectivity index is 2.03. The van der Waals surface area contributed by atoms with Crippen LogP contribution in [-0.2, 0) is 14.3 Å². The number of amides is 1. The zero-order valence-corrected chi connectivity index (χ0v) is 16.1. The van der Waals surface area contributed by atoms with E-state index in [1.165, 1.54) is 45.4 Å². The van der Waals surface area contributed by atoms with Gasteiger partial charge in [-0.3, -0.25) is 14.9 Å². The Hall–Kier alpha value is -3.88. The Morgan fingerprint density at radius 1 is 1.14 bits per heavy atom. The van der Waals surface area contributed by atoms with Crippen LogP contribution in [0.1, 0.15) is 12.5 Å². The van der Waals surface area contributed by atoms with Gasteiger partial charge in [-0.15, -0.1) is 0 Å². The number of esters is 1. The number of para-hydroxylation sites is 1. The van der Waals surface area contributed by atoms with Crippen molar-refractivity contribution in [1.82, 2.24) is 0 Å². The maximum Gasteiger partial charge on any atom is 0.331 e. The molecule has 0 fully saturated rings. The van der Waals surface area contributed by atoms with Crippen molar-refractivity contribution in [2.24, 2.45) is 0 Å². The first-order valence-corrected chi connectivity index (χ1v) is 8.50. The fourth-order valence-corrected chi connectivity index (χ4v) is 2.36. The van der Waals surface area contributed by atoms with Crippen molar-refractivity contribution in [3.8, 4) is 11.5 Å². The number of hydrogen-bond acceptors (Lipinski definition) is 7. The highest BCUT2D eigenvalue weighted by atomic mass is 16.6. The van der Waals surface area contributed by atoms with Gasteiger partial charge in [0.15, 0.2) is 6.10 Å². The molecule has 0 aliphatic heterocycles. The number of carbonyl (C=O) groups is 2. The molecular weight excluding hydrogens is 380 g/mol. The van der Waals surface area contributed by atoms with Gasteiger partial charge < -0.3 is 19.5 Å². The molecule has 0 saturated heterocycles. The van der Waals surface area contributed by atoms with Crippen LogP contribution >= 0.6 is 0 Å². The maximum absolute atomic E-state index is 12.3. The number of anilines is 1. The summed E-state index contributed by atoms with van der Waals surface area (Å²) in [7, 11) is 2.88. The predicted octanol–water partition coefficient (Wildman–Crippen LogP) is 3.20. The van der Waals surface area contributed by atoms with Crippen LogP contribution < -0.4 is 14.8 Å². The molecule has 0 aliphatic rings. The summed E-state index contributed by atoms with van der Waals surface area (Å²) < 4.78 is 15.2. The van der Waals surface area contributed by atoms with Crippen LogP contribution in [0.3, 0.4) is 0 Å². The lowest BCUT2D eigenvalue weighted by molar-refractivity contribution is -0.384. The van der Waals surface area contributed by atoms with Crippen molar-refractivity contribution in [2.45, 2.75) is 13.0 Å². The Morgan fingerprint density at radius 2 is 1.86 bits per heavy atom. The zero-order chi connectivity index (χ0) is 21.4. The fraction of sp³-hybridized carbons (Fsp3) is 0.200. The minimum Gasteiger partial charge on any atom is -0.496 e. The van der Waals surface area contributed by atoms with E-state index >= 15 is 0 Å². The molecule has 0 radical (unpaired) electrons. The number of methoxy groups -OCH3 is 2. The molecule has 9 nitrogen and oxygen atoms in total. The second kappa shape index (κ2) is 9.88. The third-order valence-corrected chi connectivity index (χ3v) is 3.86. The summed E-state index contributed by atoms with van der Waals surface area (Å²) in [4.78, 5) is 34.8. The molecule has 29 heavy (non-hydrogen) atoms. The fourth-order valence-electron chi connectivity index (χ4n) is 2.36. The summed E-state index contributed by atoms with van der Waals surface area (Å²) in [5, 5.41) is 13.6. The zero-order valence-electron chi connectivity index (χ0n) is 16.1. The smallest absolute Gasteiger partial charge is 0.331 e. The van der Waals surface area contributed by atoms with Crippen LogP contribution in [0.5, 0.6) is 11.5 Å². The van der Waals surface area contributed by atoms with Crippen LogP contribution in [0.25, 0.3) is 6.08 Å². The molecule has 1 unspecified atom stereocenters. The Bertz CT molecular complexity index is 940. The van der Waals surface area contributed by atoms with E-state index in [0.29, 0.717) is 11.3 Å². The summed E-state index contributed by atoms with van der Waals surface area (Å²) in [6.07, 6.45) is 1.49. The second-order valence-electron chi connectivity index (χ2n) is 5.78. The topological polar surface area (TPSA) is 117 Å². The van der Waals surface area contributed by atoms with Crippen molar-refractivity contribution in [2.75, 3.05) is 19.5 Å². The standard InChI is InChI=1S/C20H20N2O7/c1-13(29-19(23)11-8-14-6-4-5-7-18(14)28-3)20(24)21-16-10-9-15(27-2)12-17(16)22(25)26/h4-13H,1-3H3,(H,21,24)/b11-8+. The molecule has 9 heteroatoms. The number of carbonyl (C=O) groups excluding carboxylic acids is 2. The third kappa shape index (κ3) is 5.80. The summed E-state index contributed by atoms with van der Waals surface area (Å²) >= 11 is 0. The van der Waals surface area contributed by atoms with Crippen molar-refractivity contribution in [1.29, 1.82) is 0 Å². The lowest BCUT2D eigenvalue weighted by Crippen LogP contribution is -2.29. The molecule has 0 spiro atoms. The van der Waals surface area contributed by atoms with E-state index < -0.39 is 22.9 Å². The highest BCUT2D eigenvalue weighted by Gasteiger charge is 2.22. The molecule has 0 heterocycles. The maximum atomic E-state index is 12.3. The predicted molar refractivity (Wildman–Crippen MR) is 106 cm³/mol. The average molecular weight is 400 g/mol. The molecule has 2 rings (SSSR count). The number of nitro groups is 1. The molecule has 0 aromatic heterocycles. The van der Waals surface area contributed by atoms with E-state index in [1.54, 1.807) is 24.3 Å². The van der Waals surface area contributed by atoms with Gasteiger partial charge in [-0.25, -0.2) is 4.79 Å². The lowest BCUT2D eigenvalue weighted by atomic mass is 10.2. The van der Waals surface area contributed by atoms with Gasteiger partial charge in [-0.1, -0.05) is 18.2 Å². The summed E-state index contributed by atoms with van der Waals surface area (Å²) in [6.45, 7) is 1.36. The number of hydrogen-bond donors (Lipinski definition) is 1. The van der Waals surface area contributed by atoms with Crippen LogP contribution in [0.2, 0.25) is 0 Å². The van der Waals surface area contributed by atoms with Crippen molar-refractivity contribution < 1.29 is 28.7 Å². The van der Waals surface area contributed by atoms with Crippen molar-refractivity contribution >= 4 is 29.3 Å². The Labute approximate surface area is 167 Å². The number of nitrogens with one attached hydrogen (secondary N) is 1. The Morgan fingerprint density at radius 3 is 2.52 bits per heavy atom. The van der Waals surface area contributed by atoms with Gasteiger partial charge in [-0.05, 0) is 31.2 Å². The van der Waals surface area contributed by atoms with E-state index in [1.807, 2.05) is 0 Å². The molecular formula is C20H20N2O7. The van der Waals surface area contributed by atoms with Crippen LogP contribution in [0.15, 0.2) is 48.5 Å². The first-order chi connectivity index (χ1) is 13.8. The minimum absolute atomic E-state index is 0.0340. The number of benzene rings is 2. The van der Waals surface area contributed by atoms with Crippen molar-refractivity contribution in [3.63, 3.8) is 0 Å². The normalized spacial score (nSPS) is 11.6. The largest absolute Gasteiger partial charge is 0.496 e. The molecule has 0 saturated carbocycles. The van der Waals surface area contributed by atoms with E-state index in [-0.39, 0.29) is 17.1 Å². The number of nitrogens with zero attached hydrogens (tertiary/aromatic N) is 1. The van der Waals surface area contributed by atoms with Gasteiger partial charge in [0.25, 0.3) is 11.6 Å². The molecule has 1 amide bonds. The van der Waals surface area contributed by atoms with E-state index in [4.69, 9.17) is 14.2 Å². The summed E-state index contributed by atoms with van der Waals surface area (Å²) in [5.74, 6) is -0.607. The van der Waals surface area contributed by atoms with E-state index in [9.17, 15) is 19.7 Å². The minimum atomic E-state index is -1.17. The quantitative estimate of drug-likeness (QED) is 0.313. The first kappa shape index (κ1) is 21.4. The van der Waals surface area contributed by atoms with Gasteiger partial charge >= 0.3 is 5.97 Å². The van der Waals surface area contributed by atoms with Crippen LogP contribution in [0, 0.1) is 10.1 Å². The SMILES string of the molecule is COc1ccc(NC(=O)C(C)OC(=O)/C=C/c2ccccc2OC)c([N+](=O)[O-])c1. The Kier molecular flexibility index (Phi) is 7.30. The van der Waals surface area contributed by atoms with Gasteiger partial charge in [0.1, 0.15) is 17.2 Å². The highest BCUT2D eigenvalue weighted by Crippen LogP contribution is 2.29. The average Bonchev–Trinajstić information content (AvgIpc) is 2.72. The number of rotatable bonds is 8. The van der Waals surface area contributed by atoms with Gasteiger partial charge in [0.05, 0.1) is 25.2 Å². The van der Waals surface area contributed by atoms with E-state index in [2.05, 4.69) is 5.32 Å². The van der Waals surface area contributed by atoms with Gasteiger partial charge in [0, 0.05) is 11.6 Å². The molecule has 1 N–H and O–H groups in total. The van der Waals surface area contributed by atoms with Gasteiger partial charge in [0.2, 0.25) is 0 Å². The van der Waals surface area contributed by atoms with Crippen LogP contribution in [0.4, 0.5) is 11.4 Å². The molecule has 2 aromatic carbocycles. The summed E-state index contributed by atoms with van der Waals surface area (Å²) in [5.41, 5.74) is 0.290. The molecule has 152 valence electrons. The summed E-state index contributed by atoms with van der Waals surface area (Å²) in [6, 6.07) is 11.1. The molecule has 1 atom stereocenters. The van der Waals surface area contributed by atoms with Crippen LogP contribution in [-0.4, -0.2) is 37.1 Å². The molecule has 0 bridgehead atoms. The van der Waals surface area contributed by atoms with Gasteiger partial charge in [-0.2, -0.15) is 0 Å². The first-order valence-electron chi connectivity index (χ1n) is 8.50.